The van der Waals surface area contributed by atoms with Crippen LogP contribution in [-0.4, -0.2) is 30.2 Å². The smallest absolute Gasteiger partial charge is 0.264 e. The van der Waals surface area contributed by atoms with E-state index in [0.717, 1.165) is 17.4 Å². The van der Waals surface area contributed by atoms with Gasteiger partial charge >= 0.3 is 0 Å². The molecule has 0 saturated carbocycles. The van der Waals surface area contributed by atoms with E-state index in [4.69, 9.17) is 0 Å². The van der Waals surface area contributed by atoms with E-state index < -0.39 is 5.82 Å². The van der Waals surface area contributed by atoms with Crippen LogP contribution < -0.4 is 0 Å². The Labute approximate surface area is 91.5 Å². The Morgan fingerprint density at radius 2 is 2.13 bits per heavy atom. The molecule has 0 N–H and O–H groups in total. The van der Waals surface area contributed by atoms with Gasteiger partial charge in [-0.3, -0.25) is 9.59 Å². The topological polar surface area (TPSA) is 37.4 Å². The third kappa shape index (κ3) is 2.41. The van der Waals surface area contributed by atoms with Crippen LogP contribution in [-0.2, 0) is 0 Å². The molecular formula is C10H12FNO2S. The molecule has 0 aromatic carbocycles. The first-order valence-electron chi connectivity index (χ1n) is 4.67. The fraction of sp³-hybridized carbons (Fsp3) is 0.400. The van der Waals surface area contributed by atoms with Crippen molar-refractivity contribution in [2.24, 2.45) is 0 Å². The van der Waals surface area contributed by atoms with Crippen molar-refractivity contribution in [1.82, 2.24) is 4.90 Å². The van der Waals surface area contributed by atoms with E-state index in [1.54, 1.807) is 4.90 Å². The summed E-state index contributed by atoms with van der Waals surface area (Å²) < 4.78 is 13.1. The average Bonchev–Trinajstić information content (AvgIpc) is 2.61. The first-order valence-corrected chi connectivity index (χ1v) is 5.49. The maximum absolute atomic E-state index is 13.1. The maximum atomic E-state index is 13.1. The lowest BCUT2D eigenvalue weighted by molar-refractivity contribution is 0.0777. The fourth-order valence-electron chi connectivity index (χ4n) is 1.24. The van der Waals surface area contributed by atoms with E-state index in [2.05, 4.69) is 0 Å². The number of hydrogen-bond donors (Lipinski definition) is 0. The lowest BCUT2D eigenvalue weighted by atomic mass is 10.3. The average molecular weight is 229 g/mol. The molecule has 82 valence electrons. The number of carbonyl (C=O) groups excluding carboxylic acids is 2. The van der Waals surface area contributed by atoms with Gasteiger partial charge < -0.3 is 4.90 Å². The Morgan fingerprint density at radius 1 is 1.53 bits per heavy atom. The molecule has 1 aromatic rings. The summed E-state index contributed by atoms with van der Waals surface area (Å²) in [7, 11) is 0. The standard InChI is InChI=1S/C10H12FNO2S/c1-3-12(4-2)10(14)8-5-7(11)9(6-13)15-8/h5-6H,3-4H2,1-2H3. The Kier molecular flexibility index (Phi) is 3.96. The molecule has 1 amide bonds. The van der Waals surface area contributed by atoms with Gasteiger partial charge in [-0.2, -0.15) is 0 Å². The van der Waals surface area contributed by atoms with Gasteiger partial charge in [0.1, 0.15) is 10.7 Å². The second-order valence-electron chi connectivity index (χ2n) is 2.92. The van der Waals surface area contributed by atoms with Crippen LogP contribution in [0.15, 0.2) is 6.07 Å². The lowest BCUT2D eigenvalue weighted by Gasteiger charge is -2.16. The number of aldehydes is 1. The molecule has 0 saturated heterocycles. The van der Waals surface area contributed by atoms with Gasteiger partial charge in [-0.1, -0.05) is 0 Å². The summed E-state index contributed by atoms with van der Waals surface area (Å²) >= 11 is 0.892. The Morgan fingerprint density at radius 3 is 2.53 bits per heavy atom. The van der Waals surface area contributed by atoms with Crippen LogP contribution in [0.4, 0.5) is 4.39 Å². The molecule has 0 bridgehead atoms. The van der Waals surface area contributed by atoms with E-state index in [9.17, 15) is 14.0 Å². The van der Waals surface area contributed by atoms with Crippen molar-refractivity contribution in [3.05, 3.63) is 21.6 Å². The van der Waals surface area contributed by atoms with E-state index in [1.807, 2.05) is 13.8 Å². The molecule has 0 radical (unpaired) electrons. The molecule has 1 rings (SSSR count). The van der Waals surface area contributed by atoms with Crippen LogP contribution in [0.5, 0.6) is 0 Å². The van der Waals surface area contributed by atoms with Crippen molar-refractivity contribution in [3.8, 4) is 0 Å². The molecule has 0 atom stereocenters. The summed E-state index contributed by atoms with van der Waals surface area (Å²) in [6.07, 6.45) is 0.430. The van der Waals surface area contributed by atoms with Gasteiger partial charge in [0.2, 0.25) is 0 Å². The van der Waals surface area contributed by atoms with Crippen molar-refractivity contribution < 1.29 is 14.0 Å². The fourth-order valence-corrected chi connectivity index (χ4v) is 2.06. The highest BCUT2D eigenvalue weighted by molar-refractivity contribution is 7.15. The summed E-state index contributed by atoms with van der Waals surface area (Å²) in [5.41, 5.74) is 0. The summed E-state index contributed by atoms with van der Waals surface area (Å²) in [6.45, 7) is 4.86. The van der Waals surface area contributed by atoms with Gasteiger partial charge in [-0.25, -0.2) is 4.39 Å². The molecule has 0 fully saturated rings. The van der Waals surface area contributed by atoms with E-state index in [0.29, 0.717) is 19.4 Å². The zero-order valence-electron chi connectivity index (χ0n) is 8.62. The highest BCUT2D eigenvalue weighted by atomic mass is 32.1. The van der Waals surface area contributed by atoms with E-state index >= 15 is 0 Å². The second kappa shape index (κ2) is 5.02. The largest absolute Gasteiger partial charge is 0.339 e. The minimum absolute atomic E-state index is 0.0227. The zero-order chi connectivity index (χ0) is 11.4. The van der Waals surface area contributed by atoms with Crippen LogP contribution in [0.3, 0.4) is 0 Å². The molecule has 15 heavy (non-hydrogen) atoms. The summed E-state index contributed by atoms with van der Waals surface area (Å²) in [5.74, 6) is -0.845. The molecule has 1 heterocycles. The molecule has 0 spiro atoms. The van der Waals surface area contributed by atoms with Crippen LogP contribution in [0.25, 0.3) is 0 Å². The van der Waals surface area contributed by atoms with Crippen LogP contribution in [0.2, 0.25) is 0 Å². The summed E-state index contributed by atoms with van der Waals surface area (Å²) in [4.78, 5) is 24.0. The Balaban J connectivity index is 2.95. The monoisotopic (exact) mass is 229 g/mol. The van der Waals surface area contributed by atoms with Crippen LogP contribution in [0.1, 0.15) is 33.2 Å². The van der Waals surface area contributed by atoms with Crippen molar-refractivity contribution in [2.75, 3.05) is 13.1 Å². The van der Waals surface area contributed by atoms with Gasteiger partial charge in [0.05, 0.1) is 4.88 Å². The Hall–Kier alpha value is -1.23. The lowest BCUT2D eigenvalue weighted by Crippen LogP contribution is -2.29. The van der Waals surface area contributed by atoms with Crippen molar-refractivity contribution in [2.45, 2.75) is 13.8 Å². The highest BCUT2D eigenvalue weighted by Crippen LogP contribution is 2.20. The first kappa shape index (κ1) is 11.8. The maximum Gasteiger partial charge on any atom is 0.264 e. The number of thiophene rings is 1. The van der Waals surface area contributed by atoms with Crippen molar-refractivity contribution >= 4 is 23.5 Å². The molecule has 1 aromatic heterocycles. The number of nitrogens with zero attached hydrogens (tertiary/aromatic N) is 1. The quantitative estimate of drug-likeness (QED) is 0.742. The van der Waals surface area contributed by atoms with E-state index in [-0.39, 0.29) is 15.7 Å². The van der Waals surface area contributed by atoms with E-state index in [1.165, 1.54) is 0 Å². The molecular weight excluding hydrogens is 217 g/mol. The predicted molar refractivity (Wildman–Crippen MR) is 56.9 cm³/mol. The van der Waals surface area contributed by atoms with Crippen molar-refractivity contribution in [3.63, 3.8) is 0 Å². The third-order valence-electron chi connectivity index (χ3n) is 2.08. The van der Waals surface area contributed by atoms with Gasteiger partial charge in [-0.15, -0.1) is 11.3 Å². The third-order valence-corrected chi connectivity index (χ3v) is 3.11. The SMILES string of the molecule is CCN(CC)C(=O)c1cc(F)c(C=O)s1. The predicted octanol–water partition coefficient (Wildman–Crippen LogP) is 2.18. The summed E-state index contributed by atoms with van der Waals surface area (Å²) in [5, 5.41) is 0. The molecule has 0 aliphatic heterocycles. The van der Waals surface area contributed by atoms with Gasteiger partial charge in [-0.05, 0) is 19.9 Å². The summed E-state index contributed by atoms with van der Waals surface area (Å²) in [6, 6.07) is 1.12. The Bertz CT molecular complexity index is 371. The second-order valence-corrected chi connectivity index (χ2v) is 4.00. The van der Waals surface area contributed by atoms with Gasteiger partial charge in [0, 0.05) is 13.1 Å². The number of amides is 1. The van der Waals surface area contributed by atoms with Gasteiger partial charge in [0.15, 0.2) is 6.29 Å². The van der Waals surface area contributed by atoms with Crippen LogP contribution >= 0.6 is 11.3 Å². The molecule has 0 aliphatic rings. The van der Waals surface area contributed by atoms with Gasteiger partial charge in [0.25, 0.3) is 5.91 Å². The normalized spacial score (nSPS) is 10.1. The number of halogens is 1. The molecule has 5 heteroatoms. The first-order chi connectivity index (χ1) is 7.13. The minimum Gasteiger partial charge on any atom is -0.339 e. The number of carbonyl (C=O) groups is 2. The highest BCUT2D eigenvalue weighted by Gasteiger charge is 2.17. The zero-order valence-corrected chi connectivity index (χ0v) is 9.44. The van der Waals surface area contributed by atoms with Crippen LogP contribution in [0, 0.1) is 5.82 Å². The number of hydrogen-bond acceptors (Lipinski definition) is 3. The molecule has 0 unspecified atom stereocenters. The minimum atomic E-state index is -0.620. The molecule has 0 aliphatic carbocycles. The van der Waals surface area contributed by atoms with Crippen molar-refractivity contribution in [1.29, 1.82) is 0 Å². The molecule has 3 nitrogen and oxygen atoms in total. The number of rotatable bonds is 4.